The van der Waals surface area contributed by atoms with E-state index in [4.69, 9.17) is 9.26 Å². The van der Waals surface area contributed by atoms with Crippen molar-refractivity contribution in [3.8, 4) is 0 Å². The summed E-state index contributed by atoms with van der Waals surface area (Å²) in [4.78, 5) is 26.1. The van der Waals surface area contributed by atoms with Crippen LogP contribution in [0.15, 0.2) is 51.9 Å². The molecular weight excluding hydrogens is 422 g/mol. The van der Waals surface area contributed by atoms with E-state index in [1.54, 1.807) is 11.8 Å². The lowest BCUT2D eigenvalue weighted by atomic mass is 10.2. The van der Waals surface area contributed by atoms with Crippen LogP contribution in [0, 0.1) is 0 Å². The molecule has 1 aromatic heterocycles. The van der Waals surface area contributed by atoms with E-state index in [0.717, 1.165) is 12.8 Å². The van der Waals surface area contributed by atoms with E-state index in [-0.39, 0.29) is 28.8 Å². The third kappa shape index (κ3) is 4.24. The number of aromatic nitrogens is 1. The molecule has 0 saturated carbocycles. The Kier molecular flexibility index (Phi) is 5.64. The minimum atomic E-state index is -3.95. The Bertz CT molecular complexity index is 1230. The van der Waals surface area contributed by atoms with Crippen molar-refractivity contribution >= 4 is 38.6 Å². The molecule has 1 fully saturated rings. The predicted molar refractivity (Wildman–Crippen MR) is 112 cm³/mol. The quantitative estimate of drug-likeness (QED) is 0.582. The van der Waals surface area contributed by atoms with Gasteiger partial charge in [-0.15, -0.1) is 0 Å². The Labute approximate surface area is 179 Å². The molecule has 3 aromatic rings. The molecule has 2 heterocycles. The van der Waals surface area contributed by atoms with Crippen LogP contribution in [-0.4, -0.2) is 50.0 Å². The molecule has 0 unspecified atom stereocenters. The first-order valence-electron chi connectivity index (χ1n) is 9.88. The van der Waals surface area contributed by atoms with Gasteiger partial charge in [-0.05, 0) is 62.2 Å². The summed E-state index contributed by atoms with van der Waals surface area (Å²) < 4.78 is 38.4. The number of likely N-dealkylation sites (tertiary alicyclic amines) is 1. The number of sulfonamides is 1. The molecule has 1 N–H and O–H groups in total. The number of anilines is 1. The van der Waals surface area contributed by atoms with Gasteiger partial charge in [0.25, 0.3) is 15.9 Å². The molecule has 162 valence electrons. The standard InChI is InChI=1S/C21H21N3O6S/c1-2-29-21(26)14-5-7-15(8-6-14)23-31(27,28)16-9-10-18-17(13-16)19(22-30-18)20(25)24-11-3-4-12-24/h5-10,13,23H,2-4,11-12H2,1H3. The number of carbonyl (C=O) groups excluding carboxylic acids is 2. The third-order valence-corrected chi connectivity index (χ3v) is 6.37. The highest BCUT2D eigenvalue weighted by molar-refractivity contribution is 7.92. The highest BCUT2D eigenvalue weighted by atomic mass is 32.2. The van der Waals surface area contributed by atoms with Crippen LogP contribution in [0.3, 0.4) is 0 Å². The Morgan fingerprint density at radius 2 is 1.84 bits per heavy atom. The van der Waals surface area contributed by atoms with E-state index in [2.05, 4.69) is 9.88 Å². The van der Waals surface area contributed by atoms with E-state index in [0.29, 0.717) is 29.6 Å². The van der Waals surface area contributed by atoms with Gasteiger partial charge in [0.1, 0.15) is 0 Å². The smallest absolute Gasteiger partial charge is 0.338 e. The number of carbonyl (C=O) groups is 2. The summed E-state index contributed by atoms with van der Waals surface area (Å²) in [5.41, 5.74) is 1.04. The van der Waals surface area contributed by atoms with Gasteiger partial charge >= 0.3 is 5.97 Å². The van der Waals surface area contributed by atoms with E-state index >= 15 is 0 Å². The van der Waals surface area contributed by atoms with Crippen LogP contribution >= 0.6 is 0 Å². The van der Waals surface area contributed by atoms with Crippen molar-refractivity contribution < 1.29 is 27.3 Å². The molecule has 2 aromatic carbocycles. The van der Waals surface area contributed by atoms with Crippen molar-refractivity contribution in [1.29, 1.82) is 0 Å². The highest BCUT2D eigenvalue weighted by Crippen LogP contribution is 2.26. The molecule has 9 nitrogen and oxygen atoms in total. The van der Waals surface area contributed by atoms with E-state index in [9.17, 15) is 18.0 Å². The SMILES string of the molecule is CCOC(=O)c1ccc(NS(=O)(=O)c2ccc3onc(C(=O)N4CCCC4)c3c2)cc1. The first kappa shape index (κ1) is 20.9. The topological polar surface area (TPSA) is 119 Å². The van der Waals surface area contributed by atoms with Crippen LogP contribution in [0.25, 0.3) is 11.0 Å². The van der Waals surface area contributed by atoms with Crippen molar-refractivity contribution in [2.75, 3.05) is 24.4 Å². The van der Waals surface area contributed by atoms with Gasteiger partial charge < -0.3 is 14.2 Å². The average Bonchev–Trinajstić information content (AvgIpc) is 3.43. The zero-order valence-corrected chi connectivity index (χ0v) is 17.6. The van der Waals surface area contributed by atoms with Gasteiger partial charge in [-0.1, -0.05) is 5.16 Å². The van der Waals surface area contributed by atoms with Crippen molar-refractivity contribution in [3.63, 3.8) is 0 Å². The van der Waals surface area contributed by atoms with Crippen molar-refractivity contribution in [1.82, 2.24) is 10.1 Å². The summed E-state index contributed by atoms with van der Waals surface area (Å²) >= 11 is 0. The van der Waals surface area contributed by atoms with Crippen LogP contribution in [0.2, 0.25) is 0 Å². The number of ether oxygens (including phenoxy) is 1. The Morgan fingerprint density at radius 3 is 2.52 bits per heavy atom. The Hall–Kier alpha value is -3.40. The lowest BCUT2D eigenvalue weighted by molar-refractivity contribution is 0.0526. The molecule has 1 saturated heterocycles. The Balaban J connectivity index is 1.59. The minimum Gasteiger partial charge on any atom is -0.462 e. The maximum absolute atomic E-state index is 12.9. The number of esters is 1. The summed E-state index contributed by atoms with van der Waals surface area (Å²) in [7, 11) is -3.95. The van der Waals surface area contributed by atoms with Crippen LogP contribution in [0.5, 0.6) is 0 Å². The zero-order chi connectivity index (χ0) is 22.0. The highest BCUT2D eigenvalue weighted by Gasteiger charge is 2.26. The second kappa shape index (κ2) is 8.38. The summed E-state index contributed by atoms with van der Waals surface area (Å²) in [5.74, 6) is -0.752. The first-order chi connectivity index (χ1) is 14.9. The van der Waals surface area contributed by atoms with Gasteiger partial charge in [-0.3, -0.25) is 9.52 Å². The first-order valence-corrected chi connectivity index (χ1v) is 11.4. The molecule has 31 heavy (non-hydrogen) atoms. The van der Waals surface area contributed by atoms with Gasteiger partial charge in [-0.2, -0.15) is 0 Å². The number of nitrogens with zero attached hydrogens (tertiary/aromatic N) is 2. The summed E-state index contributed by atoms with van der Waals surface area (Å²) in [6.45, 7) is 3.25. The number of fused-ring (bicyclic) bond motifs is 1. The number of hydrogen-bond acceptors (Lipinski definition) is 7. The van der Waals surface area contributed by atoms with E-state index in [1.165, 1.54) is 42.5 Å². The fourth-order valence-corrected chi connectivity index (χ4v) is 4.50. The molecular formula is C21H21N3O6S. The average molecular weight is 443 g/mol. The second-order valence-corrected chi connectivity index (χ2v) is 8.77. The summed E-state index contributed by atoms with van der Waals surface area (Å²) in [6.07, 6.45) is 1.86. The Morgan fingerprint density at radius 1 is 1.13 bits per heavy atom. The predicted octanol–water partition coefficient (Wildman–Crippen LogP) is 3.04. The zero-order valence-electron chi connectivity index (χ0n) is 16.8. The molecule has 1 aliphatic heterocycles. The largest absolute Gasteiger partial charge is 0.462 e. The lowest BCUT2D eigenvalue weighted by Crippen LogP contribution is -2.28. The second-order valence-electron chi connectivity index (χ2n) is 7.09. The maximum Gasteiger partial charge on any atom is 0.338 e. The van der Waals surface area contributed by atoms with Gasteiger partial charge in [0.15, 0.2) is 11.3 Å². The molecule has 10 heteroatoms. The number of benzene rings is 2. The number of amides is 1. The fourth-order valence-electron chi connectivity index (χ4n) is 3.41. The maximum atomic E-state index is 12.9. The van der Waals surface area contributed by atoms with Gasteiger partial charge in [0.05, 0.1) is 22.5 Å². The van der Waals surface area contributed by atoms with Crippen molar-refractivity contribution in [2.45, 2.75) is 24.7 Å². The third-order valence-electron chi connectivity index (χ3n) is 5.00. The molecule has 0 atom stereocenters. The molecule has 0 spiro atoms. The van der Waals surface area contributed by atoms with Gasteiger partial charge in [0.2, 0.25) is 0 Å². The normalized spacial score (nSPS) is 14.0. The van der Waals surface area contributed by atoms with Crippen LogP contribution in [0.1, 0.15) is 40.6 Å². The number of nitrogens with one attached hydrogen (secondary N) is 1. The summed E-state index contributed by atoms with van der Waals surface area (Å²) in [6, 6.07) is 10.1. The van der Waals surface area contributed by atoms with Crippen molar-refractivity contribution in [2.24, 2.45) is 0 Å². The van der Waals surface area contributed by atoms with Gasteiger partial charge in [0, 0.05) is 18.8 Å². The minimum absolute atomic E-state index is 0.0341. The lowest BCUT2D eigenvalue weighted by Gasteiger charge is -2.13. The molecule has 0 radical (unpaired) electrons. The van der Waals surface area contributed by atoms with Crippen LogP contribution in [0.4, 0.5) is 5.69 Å². The summed E-state index contributed by atoms with van der Waals surface area (Å²) in [5, 5.41) is 4.21. The van der Waals surface area contributed by atoms with E-state index in [1.807, 2.05) is 0 Å². The number of hydrogen-bond donors (Lipinski definition) is 1. The van der Waals surface area contributed by atoms with Gasteiger partial charge in [-0.25, -0.2) is 13.2 Å². The van der Waals surface area contributed by atoms with E-state index < -0.39 is 16.0 Å². The van der Waals surface area contributed by atoms with Crippen LogP contribution in [-0.2, 0) is 14.8 Å². The van der Waals surface area contributed by atoms with Crippen LogP contribution < -0.4 is 4.72 Å². The molecule has 0 bridgehead atoms. The molecule has 1 aliphatic rings. The molecule has 0 aliphatic carbocycles. The fraction of sp³-hybridized carbons (Fsp3) is 0.286. The monoisotopic (exact) mass is 443 g/mol. The number of rotatable bonds is 6. The van der Waals surface area contributed by atoms with Crippen molar-refractivity contribution in [3.05, 3.63) is 53.7 Å². The molecule has 1 amide bonds. The molecule has 4 rings (SSSR count).